The molecule has 2 atom stereocenters. The van der Waals surface area contributed by atoms with Gasteiger partial charge in [0, 0.05) is 31.0 Å². The summed E-state index contributed by atoms with van der Waals surface area (Å²) in [6.07, 6.45) is -2.62. The van der Waals surface area contributed by atoms with Crippen LogP contribution in [-0.2, 0) is 9.53 Å². The number of hydrogen-bond acceptors (Lipinski definition) is 5. The van der Waals surface area contributed by atoms with Crippen molar-refractivity contribution in [3.8, 4) is 0 Å². The summed E-state index contributed by atoms with van der Waals surface area (Å²) in [5.41, 5.74) is 6.47. The third-order valence-electron chi connectivity index (χ3n) is 3.80. The zero-order valence-electron chi connectivity index (χ0n) is 11.9. The van der Waals surface area contributed by atoms with Gasteiger partial charge in [-0.2, -0.15) is 0 Å². The fourth-order valence-corrected chi connectivity index (χ4v) is 2.61. The average molecular weight is 308 g/mol. The van der Waals surface area contributed by atoms with Crippen molar-refractivity contribution in [3.05, 3.63) is 24.3 Å². The van der Waals surface area contributed by atoms with E-state index in [2.05, 4.69) is 5.32 Å². The first-order valence-corrected chi connectivity index (χ1v) is 7.05. The summed E-state index contributed by atoms with van der Waals surface area (Å²) in [5.74, 6) is -0.673. The molecule has 2 aliphatic heterocycles. The highest BCUT2D eigenvalue weighted by Gasteiger charge is 2.35. The van der Waals surface area contributed by atoms with Gasteiger partial charge in [-0.25, -0.2) is 9.18 Å². The Balaban J connectivity index is 1.74. The highest BCUT2D eigenvalue weighted by molar-refractivity contribution is 5.95. The van der Waals surface area contributed by atoms with Crippen LogP contribution in [0.2, 0.25) is 0 Å². The van der Waals surface area contributed by atoms with Crippen molar-refractivity contribution in [2.45, 2.75) is 12.4 Å². The number of anilines is 2. The smallest absolute Gasteiger partial charge is 0.415 e. The predicted molar refractivity (Wildman–Crippen MR) is 78.4 cm³/mol. The molecule has 2 aliphatic rings. The first-order valence-electron chi connectivity index (χ1n) is 7.05. The zero-order valence-corrected chi connectivity index (χ0v) is 11.9. The number of benzene rings is 1. The lowest BCUT2D eigenvalue weighted by Crippen LogP contribution is -2.49. The molecule has 0 saturated carbocycles. The molecule has 0 bridgehead atoms. The van der Waals surface area contributed by atoms with E-state index >= 15 is 0 Å². The van der Waals surface area contributed by atoms with Crippen LogP contribution in [0.25, 0.3) is 0 Å². The van der Waals surface area contributed by atoms with E-state index in [9.17, 15) is 14.0 Å². The average Bonchev–Trinajstić information content (AvgIpc) is 2.90. The summed E-state index contributed by atoms with van der Waals surface area (Å²) in [5, 5.41) is 2.98. The Morgan fingerprint density at radius 3 is 2.59 bits per heavy atom. The summed E-state index contributed by atoms with van der Waals surface area (Å²) in [6.45, 7) is 1.68. The second-order valence-corrected chi connectivity index (χ2v) is 5.23. The largest absolute Gasteiger partial charge is 0.434 e. The number of rotatable bonds is 3. The van der Waals surface area contributed by atoms with Crippen molar-refractivity contribution in [2.24, 2.45) is 5.73 Å². The first kappa shape index (κ1) is 14.6. The maximum absolute atomic E-state index is 13.9. The summed E-state index contributed by atoms with van der Waals surface area (Å²) >= 11 is 0. The van der Waals surface area contributed by atoms with E-state index in [1.54, 1.807) is 29.2 Å². The van der Waals surface area contributed by atoms with Crippen molar-refractivity contribution in [1.82, 2.24) is 5.32 Å². The molecule has 7 nitrogen and oxygen atoms in total. The minimum Gasteiger partial charge on any atom is -0.434 e. The van der Waals surface area contributed by atoms with Crippen LogP contribution in [0, 0.1) is 0 Å². The molecule has 8 heteroatoms. The number of piperazine rings is 1. The van der Waals surface area contributed by atoms with Crippen LogP contribution in [0.5, 0.6) is 0 Å². The fraction of sp³-hybridized carbons (Fsp3) is 0.429. The molecular formula is C14H17FN4O3. The van der Waals surface area contributed by atoms with Gasteiger partial charge in [-0.1, -0.05) is 0 Å². The molecule has 3 N–H and O–H groups in total. The fourth-order valence-electron chi connectivity index (χ4n) is 2.61. The monoisotopic (exact) mass is 308 g/mol. The molecule has 1 aromatic rings. The van der Waals surface area contributed by atoms with Gasteiger partial charge in [-0.3, -0.25) is 9.69 Å². The lowest BCUT2D eigenvalue weighted by molar-refractivity contribution is -0.124. The Hall–Kier alpha value is -2.35. The molecule has 1 unspecified atom stereocenters. The van der Waals surface area contributed by atoms with Gasteiger partial charge in [0.15, 0.2) is 12.4 Å². The van der Waals surface area contributed by atoms with Gasteiger partial charge >= 0.3 is 6.09 Å². The van der Waals surface area contributed by atoms with Crippen LogP contribution in [0.4, 0.5) is 20.6 Å². The van der Waals surface area contributed by atoms with E-state index in [0.717, 1.165) is 12.2 Å². The van der Waals surface area contributed by atoms with Crippen LogP contribution in [-0.4, -0.2) is 50.6 Å². The van der Waals surface area contributed by atoms with Crippen molar-refractivity contribution >= 4 is 23.4 Å². The molecule has 22 heavy (non-hydrogen) atoms. The van der Waals surface area contributed by atoms with E-state index in [1.807, 2.05) is 0 Å². The Morgan fingerprint density at radius 1 is 1.32 bits per heavy atom. The topological polar surface area (TPSA) is 87.9 Å². The summed E-state index contributed by atoms with van der Waals surface area (Å²) in [4.78, 5) is 25.8. The van der Waals surface area contributed by atoms with Crippen LogP contribution in [0.1, 0.15) is 0 Å². The second kappa shape index (κ2) is 5.80. The molecule has 2 fully saturated rings. The minimum atomic E-state index is -1.07. The maximum atomic E-state index is 13.9. The number of ether oxygens (including phenoxy) is 1. The molecule has 2 heterocycles. The van der Waals surface area contributed by atoms with E-state index < -0.39 is 24.4 Å². The molecule has 0 spiro atoms. The van der Waals surface area contributed by atoms with E-state index in [1.165, 1.54) is 4.90 Å². The second-order valence-electron chi connectivity index (χ2n) is 5.23. The number of hydrogen-bond donors (Lipinski definition) is 2. The minimum absolute atomic E-state index is 0.0902. The molecule has 2 saturated heterocycles. The number of nitrogens with one attached hydrogen (secondary N) is 1. The lowest BCUT2D eigenvalue weighted by atomic mass is 10.2. The normalized spacial score (nSPS) is 25.2. The van der Waals surface area contributed by atoms with Gasteiger partial charge in [0.05, 0.1) is 6.54 Å². The number of cyclic esters (lactones) is 1. The molecule has 0 radical (unpaired) electrons. The number of carbonyl (C=O) groups excluding carboxylic acids is 2. The zero-order chi connectivity index (χ0) is 15.7. The molecule has 0 aliphatic carbocycles. The van der Waals surface area contributed by atoms with Crippen molar-refractivity contribution in [3.63, 3.8) is 0 Å². The van der Waals surface area contributed by atoms with Crippen molar-refractivity contribution < 1.29 is 18.7 Å². The Morgan fingerprint density at radius 2 is 2.00 bits per heavy atom. The predicted octanol–water partition coefficient (Wildman–Crippen LogP) is 0.202. The Kier molecular flexibility index (Phi) is 3.84. The van der Waals surface area contributed by atoms with Crippen LogP contribution in [0.15, 0.2) is 24.3 Å². The highest BCUT2D eigenvalue weighted by atomic mass is 19.1. The standard InChI is InChI=1S/C14H17FN4O3/c15-12-7-17-5-6-18(12)9-1-3-10(4-2-9)19-8-11(13(16)20)22-14(19)21/h1-4,11-12,17H,5-8H2,(H2,16,20)/t11-,12?/m1/s1. The molecule has 3 rings (SSSR count). The SMILES string of the molecule is NC(=O)[C@H]1CN(c2ccc(N3CCNCC3F)cc2)C(=O)O1. The molecule has 0 aromatic heterocycles. The van der Waals surface area contributed by atoms with E-state index in [-0.39, 0.29) is 6.54 Å². The first-order chi connectivity index (χ1) is 10.6. The van der Waals surface area contributed by atoms with Gasteiger partial charge in [0.2, 0.25) is 0 Å². The molecule has 2 amide bonds. The van der Waals surface area contributed by atoms with Crippen molar-refractivity contribution in [2.75, 3.05) is 36.0 Å². The quantitative estimate of drug-likeness (QED) is 0.779. The molecule has 118 valence electrons. The third kappa shape index (κ3) is 2.69. The number of carbonyl (C=O) groups is 2. The van der Waals surface area contributed by atoms with Gasteiger partial charge in [0.1, 0.15) is 0 Å². The van der Waals surface area contributed by atoms with E-state index in [4.69, 9.17) is 10.5 Å². The summed E-state index contributed by atoms with van der Waals surface area (Å²) < 4.78 is 18.8. The van der Waals surface area contributed by atoms with Gasteiger partial charge in [-0.15, -0.1) is 0 Å². The molecular weight excluding hydrogens is 291 g/mol. The molecule has 1 aromatic carbocycles. The Bertz CT molecular complexity index is 580. The van der Waals surface area contributed by atoms with E-state index in [0.29, 0.717) is 18.8 Å². The van der Waals surface area contributed by atoms with Gasteiger partial charge in [0.25, 0.3) is 5.91 Å². The van der Waals surface area contributed by atoms with Gasteiger partial charge < -0.3 is 20.7 Å². The van der Waals surface area contributed by atoms with Crippen LogP contribution < -0.4 is 20.9 Å². The van der Waals surface area contributed by atoms with Crippen molar-refractivity contribution in [1.29, 1.82) is 0 Å². The van der Waals surface area contributed by atoms with Gasteiger partial charge in [-0.05, 0) is 24.3 Å². The number of halogens is 1. The number of alkyl halides is 1. The Labute approximate surface area is 126 Å². The lowest BCUT2D eigenvalue weighted by Gasteiger charge is -2.33. The third-order valence-corrected chi connectivity index (χ3v) is 3.80. The number of amides is 2. The summed E-state index contributed by atoms with van der Waals surface area (Å²) in [6, 6.07) is 6.90. The van der Waals surface area contributed by atoms with Crippen LogP contribution in [0.3, 0.4) is 0 Å². The summed E-state index contributed by atoms with van der Waals surface area (Å²) in [7, 11) is 0. The highest BCUT2D eigenvalue weighted by Crippen LogP contribution is 2.26. The number of nitrogens with zero attached hydrogens (tertiary/aromatic N) is 2. The maximum Gasteiger partial charge on any atom is 0.415 e. The number of nitrogens with two attached hydrogens (primary N) is 1. The van der Waals surface area contributed by atoms with Crippen LogP contribution >= 0.6 is 0 Å². The number of primary amides is 1.